The molecule has 1 aromatic rings. The Morgan fingerprint density at radius 1 is 1.21 bits per heavy atom. The topological polar surface area (TPSA) is 35.5 Å². The second kappa shape index (κ2) is 6.29. The number of ether oxygens (including phenoxy) is 2. The summed E-state index contributed by atoms with van der Waals surface area (Å²) in [6.07, 6.45) is 0.484. The summed E-state index contributed by atoms with van der Waals surface area (Å²) in [5.74, 6) is 1.36. The Labute approximate surface area is 119 Å². The number of benzene rings is 1. The molecule has 0 N–H and O–H groups in total. The fraction of sp³-hybridized carbons (Fsp3) is 0.533. The van der Waals surface area contributed by atoms with E-state index in [0.29, 0.717) is 17.9 Å². The van der Waals surface area contributed by atoms with Crippen LogP contribution in [-0.4, -0.2) is 25.4 Å². The minimum atomic E-state index is -0.530. The van der Waals surface area contributed by atoms with Crippen LogP contribution >= 0.6 is 11.6 Å². The molecule has 1 unspecified atom stereocenters. The van der Waals surface area contributed by atoms with Gasteiger partial charge < -0.3 is 9.47 Å². The number of rotatable bonds is 5. The van der Waals surface area contributed by atoms with E-state index in [1.54, 1.807) is 14.2 Å². The van der Waals surface area contributed by atoms with Gasteiger partial charge in [-0.05, 0) is 24.1 Å². The van der Waals surface area contributed by atoms with Crippen LogP contribution in [0.1, 0.15) is 26.3 Å². The van der Waals surface area contributed by atoms with Gasteiger partial charge in [0.05, 0.1) is 19.6 Å². The Morgan fingerprint density at radius 3 is 2.26 bits per heavy atom. The van der Waals surface area contributed by atoms with Crippen LogP contribution in [-0.2, 0) is 11.2 Å². The maximum atomic E-state index is 12.1. The predicted octanol–water partition coefficient (Wildman–Crippen LogP) is 3.47. The van der Waals surface area contributed by atoms with Crippen LogP contribution in [0.4, 0.5) is 0 Å². The van der Waals surface area contributed by atoms with E-state index in [2.05, 4.69) is 0 Å². The van der Waals surface area contributed by atoms with Gasteiger partial charge in [-0.3, -0.25) is 4.79 Å². The first-order chi connectivity index (χ1) is 8.79. The van der Waals surface area contributed by atoms with E-state index in [-0.39, 0.29) is 5.78 Å². The zero-order chi connectivity index (χ0) is 14.6. The molecule has 0 saturated heterocycles. The van der Waals surface area contributed by atoms with Gasteiger partial charge in [0, 0.05) is 5.41 Å². The molecule has 0 amide bonds. The molecule has 106 valence electrons. The lowest BCUT2D eigenvalue weighted by Gasteiger charge is -2.20. The van der Waals surface area contributed by atoms with Crippen molar-refractivity contribution in [1.29, 1.82) is 0 Å². The van der Waals surface area contributed by atoms with Gasteiger partial charge in [-0.15, -0.1) is 11.6 Å². The summed E-state index contributed by atoms with van der Waals surface area (Å²) < 4.78 is 10.4. The van der Waals surface area contributed by atoms with Crippen LogP contribution in [0.2, 0.25) is 0 Å². The lowest BCUT2D eigenvalue weighted by Crippen LogP contribution is -2.30. The summed E-state index contributed by atoms with van der Waals surface area (Å²) in [5, 5.41) is -0.530. The maximum absolute atomic E-state index is 12.1. The number of hydrogen-bond acceptors (Lipinski definition) is 3. The summed E-state index contributed by atoms with van der Waals surface area (Å²) in [6, 6.07) is 5.57. The van der Waals surface area contributed by atoms with E-state index in [9.17, 15) is 4.79 Å². The van der Waals surface area contributed by atoms with Crippen molar-refractivity contribution >= 4 is 17.4 Å². The Bertz CT molecular complexity index is 449. The quantitative estimate of drug-likeness (QED) is 0.777. The van der Waals surface area contributed by atoms with Crippen molar-refractivity contribution in [1.82, 2.24) is 0 Å². The van der Waals surface area contributed by atoms with Crippen LogP contribution in [0.5, 0.6) is 11.5 Å². The molecule has 0 fully saturated rings. The summed E-state index contributed by atoms with van der Waals surface area (Å²) >= 11 is 6.20. The third-order valence-corrected chi connectivity index (χ3v) is 3.24. The van der Waals surface area contributed by atoms with Gasteiger partial charge in [0.1, 0.15) is 0 Å². The third kappa shape index (κ3) is 4.13. The molecule has 19 heavy (non-hydrogen) atoms. The van der Waals surface area contributed by atoms with Crippen molar-refractivity contribution in [2.24, 2.45) is 5.41 Å². The molecule has 4 heteroatoms. The van der Waals surface area contributed by atoms with Crippen LogP contribution in [0, 0.1) is 5.41 Å². The van der Waals surface area contributed by atoms with E-state index < -0.39 is 10.8 Å². The summed E-state index contributed by atoms with van der Waals surface area (Å²) in [5.41, 5.74) is 0.526. The van der Waals surface area contributed by atoms with Crippen molar-refractivity contribution in [2.45, 2.75) is 32.6 Å². The van der Waals surface area contributed by atoms with Gasteiger partial charge >= 0.3 is 0 Å². The normalized spacial score (nSPS) is 12.9. The van der Waals surface area contributed by atoms with Gasteiger partial charge in [-0.1, -0.05) is 26.8 Å². The lowest BCUT2D eigenvalue weighted by atomic mass is 9.87. The SMILES string of the molecule is COc1ccc(CC(Cl)C(=O)C(C)(C)C)cc1OC. The first-order valence-electron chi connectivity index (χ1n) is 6.19. The van der Waals surface area contributed by atoms with Gasteiger partial charge in [-0.25, -0.2) is 0 Å². The summed E-state index contributed by atoms with van der Waals surface area (Å²) in [4.78, 5) is 12.1. The Hall–Kier alpha value is -1.22. The van der Waals surface area contributed by atoms with Crippen LogP contribution in [0.25, 0.3) is 0 Å². The van der Waals surface area contributed by atoms with Crippen molar-refractivity contribution < 1.29 is 14.3 Å². The van der Waals surface area contributed by atoms with Gasteiger partial charge in [-0.2, -0.15) is 0 Å². The highest BCUT2D eigenvalue weighted by Crippen LogP contribution is 2.29. The van der Waals surface area contributed by atoms with Gasteiger partial charge in [0.15, 0.2) is 17.3 Å². The molecule has 0 aliphatic carbocycles. The number of methoxy groups -OCH3 is 2. The zero-order valence-electron chi connectivity index (χ0n) is 12.1. The molecule has 0 aliphatic rings. The number of alkyl halides is 1. The molecule has 0 saturated carbocycles. The maximum Gasteiger partial charge on any atom is 0.160 e. The number of ketones is 1. The molecule has 0 bridgehead atoms. The molecule has 0 aromatic heterocycles. The molecule has 0 radical (unpaired) electrons. The second-order valence-corrected chi connectivity index (χ2v) is 6.00. The lowest BCUT2D eigenvalue weighted by molar-refractivity contribution is -0.125. The van der Waals surface area contributed by atoms with Gasteiger partial charge in [0.2, 0.25) is 0 Å². The van der Waals surface area contributed by atoms with E-state index in [4.69, 9.17) is 21.1 Å². The fourth-order valence-corrected chi connectivity index (χ4v) is 2.28. The molecule has 0 heterocycles. The Morgan fingerprint density at radius 2 is 1.79 bits per heavy atom. The highest BCUT2D eigenvalue weighted by atomic mass is 35.5. The monoisotopic (exact) mass is 284 g/mol. The van der Waals surface area contributed by atoms with E-state index in [1.807, 2.05) is 39.0 Å². The standard InChI is InChI=1S/C15H21ClO3/c1-15(2,3)14(17)11(16)8-10-6-7-12(18-4)13(9-10)19-5/h6-7,9,11H,8H2,1-5H3. The number of hydrogen-bond donors (Lipinski definition) is 0. The average molecular weight is 285 g/mol. The first kappa shape index (κ1) is 15.8. The molecule has 1 aromatic carbocycles. The average Bonchev–Trinajstić information content (AvgIpc) is 2.36. The molecule has 0 aliphatic heterocycles. The highest BCUT2D eigenvalue weighted by molar-refractivity contribution is 6.31. The number of carbonyl (C=O) groups excluding carboxylic acids is 1. The van der Waals surface area contributed by atoms with Crippen LogP contribution in [0.15, 0.2) is 18.2 Å². The minimum Gasteiger partial charge on any atom is -0.493 e. The zero-order valence-corrected chi connectivity index (χ0v) is 12.9. The number of Topliss-reactive ketones (excluding diaryl/α,β-unsaturated/α-hetero) is 1. The smallest absolute Gasteiger partial charge is 0.160 e. The van der Waals surface area contributed by atoms with Crippen LogP contribution < -0.4 is 9.47 Å². The molecule has 1 rings (SSSR count). The Kier molecular flexibility index (Phi) is 5.24. The highest BCUT2D eigenvalue weighted by Gasteiger charge is 2.28. The van der Waals surface area contributed by atoms with Crippen molar-refractivity contribution in [2.75, 3.05) is 14.2 Å². The first-order valence-corrected chi connectivity index (χ1v) is 6.62. The molecule has 0 spiro atoms. The summed E-state index contributed by atoms with van der Waals surface area (Å²) in [7, 11) is 3.17. The minimum absolute atomic E-state index is 0.0453. The van der Waals surface area contributed by atoms with Gasteiger partial charge in [0.25, 0.3) is 0 Å². The molecular formula is C15H21ClO3. The number of carbonyl (C=O) groups is 1. The van der Waals surface area contributed by atoms with E-state index >= 15 is 0 Å². The van der Waals surface area contributed by atoms with E-state index in [1.165, 1.54) is 0 Å². The molecule has 3 nitrogen and oxygen atoms in total. The number of halogens is 1. The predicted molar refractivity (Wildman–Crippen MR) is 77.4 cm³/mol. The Balaban J connectivity index is 2.86. The molecule has 1 atom stereocenters. The van der Waals surface area contributed by atoms with E-state index in [0.717, 1.165) is 5.56 Å². The second-order valence-electron chi connectivity index (χ2n) is 5.48. The van der Waals surface area contributed by atoms with Crippen molar-refractivity contribution in [3.05, 3.63) is 23.8 Å². The largest absolute Gasteiger partial charge is 0.493 e. The van der Waals surface area contributed by atoms with Crippen molar-refractivity contribution in [3.8, 4) is 11.5 Å². The molecular weight excluding hydrogens is 264 g/mol. The summed E-state index contributed by atoms with van der Waals surface area (Å²) in [6.45, 7) is 5.62. The van der Waals surface area contributed by atoms with Crippen LogP contribution in [0.3, 0.4) is 0 Å². The third-order valence-electron chi connectivity index (χ3n) is 2.89. The van der Waals surface area contributed by atoms with Crippen molar-refractivity contribution in [3.63, 3.8) is 0 Å². The fourth-order valence-electron chi connectivity index (χ4n) is 1.78.